The number of nitrogens with one attached hydrogen (secondary N) is 3. The van der Waals surface area contributed by atoms with Crippen LogP contribution >= 0.6 is 0 Å². The number of hydrogen-bond donors (Lipinski definition) is 3. The molecule has 6 bridgehead atoms. The third-order valence-electron chi connectivity index (χ3n) is 7.85. The monoisotopic (exact) mass is 510 g/mol. The molecule has 1 aliphatic carbocycles. The van der Waals surface area contributed by atoms with Gasteiger partial charge in [-0.3, -0.25) is 14.5 Å². The van der Waals surface area contributed by atoms with Crippen LogP contribution in [0.2, 0.25) is 0 Å². The Kier molecular flexibility index (Phi) is 7.05. The zero-order valence-corrected chi connectivity index (χ0v) is 21.6. The molecule has 2 fully saturated rings. The molecule has 3 heterocycles. The minimum Gasteiger partial charge on any atom is -0.351 e. The summed E-state index contributed by atoms with van der Waals surface area (Å²) < 4.78 is 0. The molecule has 1 atom stereocenters. The predicted molar refractivity (Wildman–Crippen MR) is 147 cm³/mol. The van der Waals surface area contributed by atoms with E-state index in [0.29, 0.717) is 24.6 Å². The molecule has 38 heavy (non-hydrogen) atoms. The van der Waals surface area contributed by atoms with Crippen molar-refractivity contribution in [1.82, 2.24) is 25.5 Å². The smallest absolute Gasteiger partial charge is 0.251 e. The summed E-state index contributed by atoms with van der Waals surface area (Å²) in [4.78, 5) is 37.9. The average Bonchev–Trinajstić information content (AvgIpc) is 3.40. The van der Waals surface area contributed by atoms with Crippen molar-refractivity contribution in [2.45, 2.75) is 70.1 Å². The van der Waals surface area contributed by atoms with Crippen LogP contribution in [0.25, 0.3) is 11.3 Å². The van der Waals surface area contributed by atoms with Crippen molar-refractivity contribution in [3.05, 3.63) is 71.4 Å². The van der Waals surface area contributed by atoms with Gasteiger partial charge in [0.1, 0.15) is 0 Å². The highest BCUT2D eigenvalue weighted by molar-refractivity contribution is 5.95. The summed E-state index contributed by atoms with van der Waals surface area (Å²) in [5, 5.41) is 9.73. The molecule has 3 aromatic rings. The van der Waals surface area contributed by atoms with Gasteiger partial charge in [-0.2, -0.15) is 0 Å². The Balaban J connectivity index is 1.37. The van der Waals surface area contributed by atoms with Crippen molar-refractivity contribution in [3.63, 3.8) is 0 Å². The number of aromatic nitrogens is 2. The molecule has 196 valence electrons. The molecule has 1 saturated heterocycles. The van der Waals surface area contributed by atoms with Crippen molar-refractivity contribution < 1.29 is 9.59 Å². The van der Waals surface area contributed by atoms with Gasteiger partial charge in [-0.05, 0) is 73.7 Å². The molecule has 3 N–H and O–H groups in total. The number of nitrogens with zero attached hydrogens (tertiary/aromatic N) is 3. The molecule has 1 saturated carbocycles. The van der Waals surface area contributed by atoms with E-state index in [0.717, 1.165) is 73.1 Å². The molecular formula is C30H34N6O2. The minimum absolute atomic E-state index is 0.0499. The molecule has 0 unspecified atom stereocenters. The Bertz CT molecular complexity index is 1340. The van der Waals surface area contributed by atoms with Crippen molar-refractivity contribution >= 4 is 23.5 Å². The fraction of sp³-hybridized carbons (Fsp3) is 0.400. The van der Waals surface area contributed by atoms with Crippen LogP contribution < -0.4 is 16.0 Å². The highest BCUT2D eigenvalue weighted by atomic mass is 16.2. The number of amides is 2. The standard InChI is InChI=1S/C30H34N6O2/c37-28(33-24-8-2-1-3-9-24)23-15-21-16-25(17-23)34-30-31-12-11-26(35-30)22-7-4-6-20(14-22)18-32-29(38)27-10-5-13-36(27)19-21/h4,6-7,11-12,14-17,24,27H,1-3,5,8-10,13,18-19H2,(H,32,38)(H,33,37)(H,31,34,35)/t27-/m0/s1. The Morgan fingerprint density at radius 2 is 1.87 bits per heavy atom. The molecule has 2 aliphatic heterocycles. The van der Waals surface area contributed by atoms with E-state index in [4.69, 9.17) is 4.98 Å². The van der Waals surface area contributed by atoms with E-state index in [1.807, 2.05) is 42.5 Å². The molecule has 2 aromatic carbocycles. The van der Waals surface area contributed by atoms with Crippen molar-refractivity contribution in [2.24, 2.45) is 0 Å². The number of anilines is 2. The lowest BCUT2D eigenvalue weighted by Crippen LogP contribution is -2.42. The summed E-state index contributed by atoms with van der Waals surface area (Å²) in [6, 6.07) is 15.9. The number of carbonyl (C=O) groups excluding carboxylic acids is 2. The Labute approximate surface area is 223 Å². The van der Waals surface area contributed by atoms with Gasteiger partial charge in [-0.25, -0.2) is 9.97 Å². The van der Waals surface area contributed by atoms with Crippen LogP contribution in [0.15, 0.2) is 54.7 Å². The van der Waals surface area contributed by atoms with Gasteiger partial charge in [0.25, 0.3) is 5.91 Å². The zero-order chi connectivity index (χ0) is 25.9. The molecule has 8 heteroatoms. The van der Waals surface area contributed by atoms with Crippen molar-refractivity contribution in [3.8, 4) is 11.3 Å². The average molecular weight is 511 g/mol. The fourth-order valence-electron chi connectivity index (χ4n) is 5.91. The first kappa shape index (κ1) is 24.6. The van der Waals surface area contributed by atoms with Gasteiger partial charge in [0.05, 0.1) is 11.7 Å². The summed E-state index contributed by atoms with van der Waals surface area (Å²) in [6.07, 6.45) is 9.16. The number of rotatable bonds is 2. The second kappa shape index (κ2) is 10.9. The molecular weight excluding hydrogens is 476 g/mol. The Hall–Kier alpha value is -3.78. The molecule has 8 nitrogen and oxygen atoms in total. The lowest BCUT2D eigenvalue weighted by molar-refractivity contribution is -0.125. The highest BCUT2D eigenvalue weighted by Crippen LogP contribution is 2.26. The normalized spacial score (nSPS) is 20.2. The van der Waals surface area contributed by atoms with Gasteiger partial charge in [0.15, 0.2) is 0 Å². The van der Waals surface area contributed by atoms with E-state index >= 15 is 0 Å². The number of benzene rings is 2. The van der Waals surface area contributed by atoms with Gasteiger partial charge >= 0.3 is 0 Å². The first-order chi connectivity index (χ1) is 18.6. The third kappa shape index (κ3) is 5.55. The van der Waals surface area contributed by atoms with Crippen LogP contribution in [0.3, 0.4) is 0 Å². The quantitative estimate of drug-likeness (QED) is 0.468. The van der Waals surface area contributed by atoms with Gasteiger partial charge < -0.3 is 16.0 Å². The summed E-state index contributed by atoms with van der Waals surface area (Å²) in [5.41, 5.74) is 5.13. The van der Waals surface area contributed by atoms with Crippen molar-refractivity contribution in [1.29, 1.82) is 0 Å². The van der Waals surface area contributed by atoms with E-state index in [1.165, 1.54) is 6.42 Å². The maximum absolute atomic E-state index is 13.3. The third-order valence-corrected chi connectivity index (χ3v) is 7.85. The summed E-state index contributed by atoms with van der Waals surface area (Å²) >= 11 is 0. The van der Waals surface area contributed by atoms with E-state index in [1.54, 1.807) is 6.20 Å². The maximum Gasteiger partial charge on any atom is 0.251 e. The van der Waals surface area contributed by atoms with Crippen LogP contribution in [-0.4, -0.2) is 45.3 Å². The van der Waals surface area contributed by atoms with Crippen LogP contribution in [0.4, 0.5) is 11.6 Å². The van der Waals surface area contributed by atoms with E-state index < -0.39 is 0 Å². The van der Waals surface area contributed by atoms with Crippen LogP contribution in [0.1, 0.15) is 66.4 Å². The number of hydrogen-bond acceptors (Lipinski definition) is 6. The van der Waals surface area contributed by atoms with Gasteiger partial charge in [-0.15, -0.1) is 0 Å². The molecule has 2 amide bonds. The van der Waals surface area contributed by atoms with E-state index in [2.05, 4.69) is 31.9 Å². The lowest BCUT2D eigenvalue weighted by Gasteiger charge is -2.25. The Morgan fingerprint density at radius 1 is 0.974 bits per heavy atom. The first-order valence-corrected chi connectivity index (χ1v) is 13.8. The van der Waals surface area contributed by atoms with E-state index in [-0.39, 0.29) is 23.9 Å². The SMILES string of the molecule is O=C(NC1CCCCC1)c1cc2cc(c1)Nc1nccc(n1)-c1cccc(c1)CNC(=O)[C@@H]1CCCN1C2. The van der Waals surface area contributed by atoms with E-state index in [9.17, 15) is 9.59 Å². The summed E-state index contributed by atoms with van der Waals surface area (Å²) in [7, 11) is 0. The molecule has 6 rings (SSSR count). The number of fused-ring (bicyclic) bond motifs is 8. The van der Waals surface area contributed by atoms with Crippen molar-refractivity contribution in [2.75, 3.05) is 11.9 Å². The maximum atomic E-state index is 13.3. The summed E-state index contributed by atoms with van der Waals surface area (Å²) in [6.45, 7) is 1.90. The first-order valence-electron chi connectivity index (χ1n) is 13.8. The largest absolute Gasteiger partial charge is 0.351 e. The predicted octanol–water partition coefficient (Wildman–Crippen LogP) is 4.54. The number of carbonyl (C=O) groups is 2. The van der Waals surface area contributed by atoms with Gasteiger partial charge in [0.2, 0.25) is 11.9 Å². The topological polar surface area (TPSA) is 99.2 Å². The second-order valence-corrected chi connectivity index (χ2v) is 10.7. The minimum atomic E-state index is -0.182. The summed E-state index contributed by atoms with van der Waals surface area (Å²) in [5.74, 6) is 0.468. The second-order valence-electron chi connectivity index (χ2n) is 10.7. The molecule has 3 aliphatic rings. The lowest BCUT2D eigenvalue weighted by atomic mass is 9.95. The molecule has 0 radical (unpaired) electrons. The Morgan fingerprint density at radius 3 is 2.76 bits per heavy atom. The van der Waals surface area contributed by atoms with Crippen LogP contribution in [-0.2, 0) is 17.9 Å². The zero-order valence-electron chi connectivity index (χ0n) is 21.6. The molecule has 1 aromatic heterocycles. The molecule has 0 spiro atoms. The fourth-order valence-corrected chi connectivity index (χ4v) is 5.91. The van der Waals surface area contributed by atoms with Crippen LogP contribution in [0.5, 0.6) is 0 Å². The van der Waals surface area contributed by atoms with Gasteiger partial charge in [0, 0.05) is 42.1 Å². The van der Waals surface area contributed by atoms with Gasteiger partial charge in [-0.1, -0.05) is 37.5 Å². The highest BCUT2D eigenvalue weighted by Gasteiger charge is 2.31. The van der Waals surface area contributed by atoms with Crippen LogP contribution in [0, 0.1) is 0 Å².